The van der Waals surface area contributed by atoms with E-state index in [1.165, 1.54) is 14.2 Å². The summed E-state index contributed by atoms with van der Waals surface area (Å²) < 4.78 is 5.40. The summed E-state index contributed by atoms with van der Waals surface area (Å²) in [4.78, 5) is 47.7. The first-order valence-electron chi connectivity index (χ1n) is 9.15. The first-order chi connectivity index (χ1) is 13.3. The van der Waals surface area contributed by atoms with Crippen molar-refractivity contribution in [1.82, 2.24) is 16.0 Å². The second-order valence-electron chi connectivity index (χ2n) is 6.73. The molecule has 1 unspecified atom stereocenters. The number of hydrogen-bond donors (Lipinski definition) is 3. The Bertz CT molecular complexity index is 663. The number of carbonyl (C=O) groups excluding carboxylic acids is 4. The van der Waals surface area contributed by atoms with Crippen molar-refractivity contribution in [3.8, 4) is 0 Å². The number of rotatable bonds is 11. The van der Waals surface area contributed by atoms with Crippen LogP contribution >= 0.6 is 0 Å². The lowest BCUT2D eigenvalue weighted by atomic mass is 9.97. The third-order valence-corrected chi connectivity index (χ3v) is 4.29. The van der Waals surface area contributed by atoms with Gasteiger partial charge in [0.25, 0.3) is 0 Å². The largest absolute Gasteiger partial charge is 0.378 e. The number of likely N-dealkylation sites (N-methyl/N-ethyl adjacent to an activating group) is 1. The minimum absolute atomic E-state index is 0.0927. The summed E-state index contributed by atoms with van der Waals surface area (Å²) in [5.74, 6) is -1.58. The van der Waals surface area contributed by atoms with Crippen LogP contribution in [0.2, 0.25) is 0 Å². The summed E-state index contributed by atoms with van der Waals surface area (Å²) >= 11 is 0. The number of hydrogen-bond acceptors (Lipinski definition) is 5. The highest BCUT2D eigenvalue weighted by Gasteiger charge is 2.34. The molecule has 0 aliphatic heterocycles. The topological polar surface area (TPSA) is 114 Å². The molecule has 0 aliphatic rings. The van der Waals surface area contributed by atoms with E-state index in [1.807, 2.05) is 44.2 Å². The molecule has 0 saturated carbocycles. The average Bonchev–Trinajstić information content (AvgIpc) is 2.67. The molecule has 154 valence electrons. The monoisotopic (exact) mass is 391 g/mol. The number of carbonyl (C=O) groups is 4. The molecule has 0 fully saturated rings. The lowest BCUT2D eigenvalue weighted by Crippen LogP contribution is -2.59. The Morgan fingerprint density at radius 1 is 1.07 bits per heavy atom. The quantitative estimate of drug-likeness (QED) is 0.368. The highest BCUT2D eigenvalue weighted by Crippen LogP contribution is 2.12. The Hall–Kier alpha value is -2.74. The number of nitrogens with one attached hydrogen (secondary N) is 3. The number of benzene rings is 1. The molecule has 0 radical (unpaired) electrons. The van der Waals surface area contributed by atoms with Crippen LogP contribution in [0, 0.1) is 5.92 Å². The van der Waals surface area contributed by atoms with Crippen LogP contribution in [-0.2, 0) is 30.3 Å². The minimum atomic E-state index is -1.04. The number of methoxy groups -OCH3 is 1. The Morgan fingerprint density at radius 2 is 1.71 bits per heavy atom. The fourth-order valence-corrected chi connectivity index (χ4v) is 2.89. The Kier molecular flexibility index (Phi) is 9.87. The molecule has 0 aliphatic carbocycles. The van der Waals surface area contributed by atoms with E-state index >= 15 is 0 Å². The van der Waals surface area contributed by atoms with Crippen LogP contribution in [0.25, 0.3) is 0 Å². The maximum Gasteiger partial charge on any atom is 0.245 e. The zero-order chi connectivity index (χ0) is 21.1. The molecule has 1 aromatic rings. The minimum Gasteiger partial charge on any atom is -0.378 e. The normalized spacial score (nSPS) is 13.9. The maximum atomic E-state index is 12.9. The summed E-state index contributed by atoms with van der Waals surface area (Å²) in [6.45, 7) is 3.70. The van der Waals surface area contributed by atoms with Gasteiger partial charge in [-0.25, -0.2) is 0 Å². The molecular formula is C20H29N3O5. The lowest BCUT2D eigenvalue weighted by Gasteiger charge is -2.30. The van der Waals surface area contributed by atoms with E-state index in [0.717, 1.165) is 5.56 Å². The van der Waals surface area contributed by atoms with Gasteiger partial charge < -0.3 is 25.5 Å². The van der Waals surface area contributed by atoms with Gasteiger partial charge in [0.2, 0.25) is 17.7 Å². The molecule has 28 heavy (non-hydrogen) atoms. The maximum absolute atomic E-state index is 12.9. The van der Waals surface area contributed by atoms with Crippen LogP contribution in [0.15, 0.2) is 30.3 Å². The van der Waals surface area contributed by atoms with Crippen LogP contribution in [0.3, 0.4) is 0 Å². The van der Waals surface area contributed by atoms with Gasteiger partial charge in [-0.3, -0.25) is 14.4 Å². The number of aldehydes is 1. The SMILES string of the molecule is CNC(=O)[C@H](Cc1ccccc1)NC(=O)[C@@H](NC(=O)CC=O)C(OC)C(C)C. The standard InChI is InChI=1S/C20H29N3O5/c1-13(2)18(28-4)17(23-16(25)10-11-24)20(27)22-15(19(26)21-3)12-14-8-6-5-7-9-14/h5-9,11,13,15,17-18H,10,12H2,1-4H3,(H,21,26)(H,22,27)(H,23,25)/t15-,17-,18?/m0/s1. The van der Waals surface area contributed by atoms with Crippen molar-refractivity contribution >= 4 is 24.0 Å². The van der Waals surface area contributed by atoms with Gasteiger partial charge in [-0.15, -0.1) is 0 Å². The molecule has 0 saturated heterocycles. The highest BCUT2D eigenvalue weighted by atomic mass is 16.5. The third-order valence-electron chi connectivity index (χ3n) is 4.29. The fourth-order valence-electron chi connectivity index (χ4n) is 2.89. The zero-order valence-electron chi connectivity index (χ0n) is 16.7. The van der Waals surface area contributed by atoms with Crippen molar-refractivity contribution in [1.29, 1.82) is 0 Å². The van der Waals surface area contributed by atoms with Crippen molar-refractivity contribution in [2.24, 2.45) is 5.92 Å². The molecule has 3 amide bonds. The van der Waals surface area contributed by atoms with E-state index in [2.05, 4.69) is 16.0 Å². The molecule has 0 spiro atoms. The Balaban J connectivity index is 3.03. The van der Waals surface area contributed by atoms with E-state index in [9.17, 15) is 19.2 Å². The van der Waals surface area contributed by atoms with Gasteiger partial charge in [0, 0.05) is 20.6 Å². The molecule has 8 heteroatoms. The van der Waals surface area contributed by atoms with Gasteiger partial charge in [0.05, 0.1) is 12.5 Å². The van der Waals surface area contributed by atoms with Crippen molar-refractivity contribution in [3.05, 3.63) is 35.9 Å². The zero-order valence-corrected chi connectivity index (χ0v) is 16.7. The molecule has 8 nitrogen and oxygen atoms in total. The van der Waals surface area contributed by atoms with Gasteiger partial charge in [-0.1, -0.05) is 44.2 Å². The average molecular weight is 391 g/mol. The van der Waals surface area contributed by atoms with Crippen molar-refractivity contribution in [3.63, 3.8) is 0 Å². The molecule has 3 atom stereocenters. The first kappa shape index (κ1) is 23.3. The second kappa shape index (κ2) is 11.9. The van der Waals surface area contributed by atoms with Crippen LogP contribution in [0.4, 0.5) is 0 Å². The molecular weight excluding hydrogens is 362 g/mol. The molecule has 1 rings (SSSR count). The van der Waals surface area contributed by atoms with E-state index < -0.39 is 30.0 Å². The predicted molar refractivity (Wildman–Crippen MR) is 104 cm³/mol. The predicted octanol–water partition coefficient (Wildman–Crippen LogP) is 0.205. The smallest absolute Gasteiger partial charge is 0.245 e. The van der Waals surface area contributed by atoms with E-state index in [4.69, 9.17) is 4.74 Å². The third kappa shape index (κ3) is 7.11. The molecule has 1 aromatic carbocycles. The van der Waals surface area contributed by atoms with Crippen LogP contribution < -0.4 is 16.0 Å². The highest BCUT2D eigenvalue weighted by molar-refractivity contribution is 5.95. The van der Waals surface area contributed by atoms with Gasteiger partial charge in [-0.05, 0) is 11.5 Å². The fraction of sp³-hybridized carbons (Fsp3) is 0.500. The van der Waals surface area contributed by atoms with Gasteiger partial charge in [0.15, 0.2) is 0 Å². The van der Waals surface area contributed by atoms with Crippen LogP contribution in [-0.4, -0.2) is 56.4 Å². The lowest BCUT2D eigenvalue weighted by molar-refractivity contribution is -0.136. The first-order valence-corrected chi connectivity index (χ1v) is 9.15. The second-order valence-corrected chi connectivity index (χ2v) is 6.73. The van der Waals surface area contributed by atoms with E-state index in [0.29, 0.717) is 12.7 Å². The molecule has 3 N–H and O–H groups in total. The van der Waals surface area contributed by atoms with E-state index in [1.54, 1.807) is 0 Å². The molecule has 0 heterocycles. The van der Waals surface area contributed by atoms with Crippen molar-refractivity contribution < 1.29 is 23.9 Å². The summed E-state index contributed by atoms with van der Waals surface area (Å²) in [5, 5.41) is 7.77. The van der Waals surface area contributed by atoms with Crippen molar-refractivity contribution in [2.75, 3.05) is 14.2 Å². The molecule has 0 bridgehead atoms. The summed E-state index contributed by atoms with van der Waals surface area (Å²) in [6.07, 6.45) is -0.232. The van der Waals surface area contributed by atoms with Gasteiger partial charge in [0.1, 0.15) is 18.4 Å². The molecule has 0 aromatic heterocycles. The summed E-state index contributed by atoms with van der Waals surface area (Å²) in [6, 6.07) is 7.41. The Morgan fingerprint density at radius 3 is 2.21 bits per heavy atom. The van der Waals surface area contributed by atoms with Crippen LogP contribution in [0.5, 0.6) is 0 Å². The Labute approximate surface area is 165 Å². The number of amides is 3. The summed E-state index contributed by atoms with van der Waals surface area (Å²) in [5.41, 5.74) is 0.880. The van der Waals surface area contributed by atoms with Crippen LogP contribution in [0.1, 0.15) is 25.8 Å². The van der Waals surface area contributed by atoms with Gasteiger partial charge in [-0.2, -0.15) is 0 Å². The summed E-state index contributed by atoms with van der Waals surface area (Å²) in [7, 11) is 2.93. The van der Waals surface area contributed by atoms with Crippen molar-refractivity contribution in [2.45, 2.75) is 44.9 Å². The number of ether oxygens (including phenoxy) is 1. The van der Waals surface area contributed by atoms with Gasteiger partial charge >= 0.3 is 0 Å². The van der Waals surface area contributed by atoms with E-state index in [-0.39, 0.29) is 18.2 Å².